The van der Waals surface area contributed by atoms with Crippen molar-refractivity contribution >= 4 is 0 Å². The SMILES string of the molecule is C=COC(C(F)(F)F)C(F)(F)C1COCC(CF)O1. The number of rotatable bonds is 5. The Hall–Kier alpha value is -0.960. The molecule has 0 aromatic heterocycles. The molecule has 1 rings (SSSR count). The zero-order valence-corrected chi connectivity index (χ0v) is 9.63. The molecule has 0 radical (unpaired) electrons. The van der Waals surface area contributed by atoms with Crippen molar-refractivity contribution < 1.29 is 40.6 Å². The summed E-state index contributed by atoms with van der Waals surface area (Å²) in [7, 11) is 0. The minimum absolute atomic E-state index is 0.266. The summed E-state index contributed by atoms with van der Waals surface area (Å²) in [5.74, 6) is -4.43. The summed E-state index contributed by atoms with van der Waals surface area (Å²) < 4.78 is 90.4. The van der Waals surface area contributed by atoms with Gasteiger partial charge in [-0.1, -0.05) is 6.58 Å². The largest absolute Gasteiger partial charge is 0.483 e. The monoisotopic (exact) mass is 294 g/mol. The van der Waals surface area contributed by atoms with E-state index in [0.29, 0.717) is 0 Å². The van der Waals surface area contributed by atoms with Gasteiger partial charge in [0.15, 0.2) is 0 Å². The third-order valence-electron chi connectivity index (χ3n) is 2.41. The van der Waals surface area contributed by atoms with Crippen molar-refractivity contribution in [2.24, 2.45) is 0 Å². The molecular weight excluding hydrogens is 282 g/mol. The lowest BCUT2D eigenvalue weighted by Gasteiger charge is -2.37. The average Bonchev–Trinajstić information content (AvgIpc) is 2.34. The fourth-order valence-electron chi connectivity index (χ4n) is 1.55. The van der Waals surface area contributed by atoms with Gasteiger partial charge in [0.05, 0.1) is 19.5 Å². The first-order chi connectivity index (χ1) is 8.73. The van der Waals surface area contributed by atoms with Gasteiger partial charge in [-0.2, -0.15) is 22.0 Å². The summed E-state index contributed by atoms with van der Waals surface area (Å²) in [5, 5.41) is 0. The maximum absolute atomic E-state index is 13.7. The van der Waals surface area contributed by atoms with Gasteiger partial charge in [-0.3, -0.25) is 0 Å². The van der Waals surface area contributed by atoms with E-state index in [2.05, 4.69) is 20.8 Å². The highest BCUT2D eigenvalue weighted by Gasteiger charge is 2.62. The third kappa shape index (κ3) is 3.75. The molecule has 112 valence electrons. The Balaban J connectivity index is 2.89. The van der Waals surface area contributed by atoms with Crippen LogP contribution < -0.4 is 0 Å². The van der Waals surface area contributed by atoms with Crippen molar-refractivity contribution in [1.29, 1.82) is 0 Å². The molecule has 9 heteroatoms. The molecule has 0 aliphatic carbocycles. The van der Waals surface area contributed by atoms with Gasteiger partial charge < -0.3 is 14.2 Å². The van der Waals surface area contributed by atoms with Crippen LogP contribution in [0, 0.1) is 0 Å². The number of ether oxygens (including phenoxy) is 3. The Morgan fingerprint density at radius 3 is 2.37 bits per heavy atom. The molecule has 0 bridgehead atoms. The van der Waals surface area contributed by atoms with E-state index >= 15 is 0 Å². The third-order valence-corrected chi connectivity index (χ3v) is 2.41. The molecule has 0 amide bonds. The van der Waals surface area contributed by atoms with Crippen molar-refractivity contribution in [2.45, 2.75) is 30.4 Å². The first kappa shape index (κ1) is 16.1. The van der Waals surface area contributed by atoms with Gasteiger partial charge in [-0.15, -0.1) is 0 Å². The second kappa shape index (κ2) is 6.00. The number of halogens is 6. The lowest BCUT2D eigenvalue weighted by Crippen LogP contribution is -2.58. The van der Waals surface area contributed by atoms with E-state index < -0.39 is 43.7 Å². The second-order valence-corrected chi connectivity index (χ2v) is 3.84. The molecule has 19 heavy (non-hydrogen) atoms. The fourth-order valence-corrected chi connectivity index (χ4v) is 1.55. The van der Waals surface area contributed by atoms with E-state index in [9.17, 15) is 26.3 Å². The quantitative estimate of drug-likeness (QED) is 0.576. The topological polar surface area (TPSA) is 27.7 Å². The molecule has 1 aliphatic rings. The highest BCUT2D eigenvalue weighted by atomic mass is 19.4. The molecule has 0 N–H and O–H groups in total. The van der Waals surface area contributed by atoms with Crippen molar-refractivity contribution in [3.05, 3.63) is 12.8 Å². The van der Waals surface area contributed by atoms with Crippen LogP contribution in [0.5, 0.6) is 0 Å². The number of alkyl halides is 6. The van der Waals surface area contributed by atoms with Crippen LogP contribution in [-0.4, -0.2) is 50.3 Å². The molecule has 3 nitrogen and oxygen atoms in total. The van der Waals surface area contributed by atoms with E-state index in [4.69, 9.17) is 0 Å². The molecule has 0 saturated carbocycles. The van der Waals surface area contributed by atoms with Crippen LogP contribution in [0.2, 0.25) is 0 Å². The van der Waals surface area contributed by atoms with E-state index in [-0.39, 0.29) is 12.9 Å². The van der Waals surface area contributed by atoms with E-state index in [1.807, 2.05) is 0 Å². The Bertz CT molecular complexity index is 306. The summed E-state index contributed by atoms with van der Waals surface area (Å²) in [5.41, 5.74) is 0. The van der Waals surface area contributed by atoms with Crippen LogP contribution >= 0.6 is 0 Å². The van der Waals surface area contributed by atoms with Crippen LogP contribution in [0.3, 0.4) is 0 Å². The number of hydrogen-bond acceptors (Lipinski definition) is 3. The van der Waals surface area contributed by atoms with Gasteiger partial charge in [0, 0.05) is 0 Å². The lowest BCUT2D eigenvalue weighted by atomic mass is 10.1. The van der Waals surface area contributed by atoms with Gasteiger partial charge in [0.25, 0.3) is 6.10 Å². The van der Waals surface area contributed by atoms with Crippen LogP contribution in [0.1, 0.15) is 0 Å². The fraction of sp³-hybridized carbons (Fsp3) is 0.800. The predicted octanol–water partition coefficient (Wildman–Crippen LogP) is 2.47. The Kier molecular flexibility index (Phi) is 5.08. The summed E-state index contributed by atoms with van der Waals surface area (Å²) in [6, 6.07) is 0. The van der Waals surface area contributed by atoms with Crippen molar-refractivity contribution in [3.63, 3.8) is 0 Å². The molecule has 3 atom stereocenters. The zero-order chi connectivity index (χ0) is 14.7. The molecule has 1 aliphatic heterocycles. The summed E-state index contributed by atoms with van der Waals surface area (Å²) >= 11 is 0. The smallest absolute Gasteiger partial charge is 0.431 e. The van der Waals surface area contributed by atoms with E-state index in [1.165, 1.54) is 0 Å². The highest BCUT2D eigenvalue weighted by Crippen LogP contribution is 2.39. The maximum Gasteiger partial charge on any atom is 0.431 e. The highest BCUT2D eigenvalue weighted by molar-refractivity contribution is 4.93. The first-order valence-electron chi connectivity index (χ1n) is 5.23. The van der Waals surface area contributed by atoms with Crippen molar-refractivity contribution in [1.82, 2.24) is 0 Å². The van der Waals surface area contributed by atoms with Crippen LogP contribution in [0.4, 0.5) is 26.3 Å². The van der Waals surface area contributed by atoms with Crippen LogP contribution in [-0.2, 0) is 14.2 Å². The van der Waals surface area contributed by atoms with Crippen molar-refractivity contribution in [3.8, 4) is 0 Å². The Morgan fingerprint density at radius 2 is 1.89 bits per heavy atom. The average molecular weight is 294 g/mol. The summed E-state index contributed by atoms with van der Waals surface area (Å²) in [4.78, 5) is 0. The molecule has 0 aromatic rings. The number of hydrogen-bond donors (Lipinski definition) is 0. The minimum Gasteiger partial charge on any atom is -0.483 e. The van der Waals surface area contributed by atoms with Crippen LogP contribution in [0.15, 0.2) is 12.8 Å². The predicted molar refractivity (Wildman–Crippen MR) is 51.5 cm³/mol. The molecule has 0 aromatic carbocycles. The molecule has 1 fully saturated rings. The standard InChI is InChI=1S/C10H12F6O3/c1-2-18-8(10(14,15)16)9(12,13)7-5-17-4-6(3-11)19-7/h2,6-8H,1,3-5H2. The van der Waals surface area contributed by atoms with Gasteiger partial charge in [-0.25, -0.2) is 4.39 Å². The maximum atomic E-state index is 13.7. The van der Waals surface area contributed by atoms with Crippen LogP contribution in [0.25, 0.3) is 0 Å². The molecule has 1 heterocycles. The minimum atomic E-state index is -5.33. The molecule has 1 saturated heterocycles. The molecule has 3 unspecified atom stereocenters. The second-order valence-electron chi connectivity index (χ2n) is 3.84. The van der Waals surface area contributed by atoms with Gasteiger partial charge in [0.1, 0.15) is 18.9 Å². The van der Waals surface area contributed by atoms with Gasteiger partial charge in [0.2, 0.25) is 0 Å². The lowest BCUT2D eigenvalue weighted by molar-refractivity contribution is -0.315. The van der Waals surface area contributed by atoms with Gasteiger partial charge in [-0.05, 0) is 0 Å². The Labute approximate surface area is 105 Å². The first-order valence-corrected chi connectivity index (χ1v) is 5.23. The molecular formula is C10H12F6O3. The molecule has 0 spiro atoms. The summed E-state index contributed by atoms with van der Waals surface area (Å²) in [6.45, 7) is 0.612. The normalized spacial score (nSPS) is 26.8. The van der Waals surface area contributed by atoms with Gasteiger partial charge >= 0.3 is 12.1 Å². The van der Waals surface area contributed by atoms with Crippen molar-refractivity contribution in [2.75, 3.05) is 19.9 Å². The van der Waals surface area contributed by atoms with E-state index in [0.717, 1.165) is 0 Å². The zero-order valence-electron chi connectivity index (χ0n) is 9.63. The van der Waals surface area contributed by atoms with E-state index in [1.54, 1.807) is 0 Å². The summed E-state index contributed by atoms with van der Waals surface area (Å²) in [6.07, 6.45) is -12.0. The Morgan fingerprint density at radius 1 is 1.26 bits per heavy atom.